The number of allylic oxidation sites excluding steroid dienone is 2. The van der Waals surface area contributed by atoms with Gasteiger partial charge in [-0.05, 0) is 93.2 Å². The first-order chi connectivity index (χ1) is 14.7. The number of unbranched alkanes of at least 4 members (excludes halogenated alkanes) is 1. The van der Waals surface area contributed by atoms with Crippen molar-refractivity contribution in [1.82, 2.24) is 0 Å². The first-order valence-corrected chi connectivity index (χ1v) is 12.8. The second-order valence-corrected chi connectivity index (χ2v) is 9.85. The molecule has 0 aromatic heterocycles. The van der Waals surface area contributed by atoms with Crippen LogP contribution in [0.5, 0.6) is 5.75 Å². The first kappa shape index (κ1) is 23.4. The van der Waals surface area contributed by atoms with Crippen LogP contribution in [0, 0.1) is 11.2 Å². The first-order valence-electron chi connectivity index (χ1n) is 12.8. The van der Waals surface area contributed by atoms with Gasteiger partial charge in [-0.25, -0.2) is 4.39 Å². The van der Waals surface area contributed by atoms with E-state index in [1.165, 1.54) is 82.6 Å². The molecular formula is C28H43FO. The highest BCUT2D eigenvalue weighted by atomic mass is 19.1. The minimum absolute atomic E-state index is 0.186. The van der Waals surface area contributed by atoms with Crippen molar-refractivity contribution in [2.75, 3.05) is 6.61 Å². The van der Waals surface area contributed by atoms with Crippen LogP contribution >= 0.6 is 0 Å². The molecular weight excluding hydrogens is 371 g/mol. The van der Waals surface area contributed by atoms with Crippen LogP contribution in [0.2, 0.25) is 0 Å². The monoisotopic (exact) mass is 414 g/mol. The van der Waals surface area contributed by atoms with Crippen molar-refractivity contribution in [2.45, 2.75) is 116 Å². The molecule has 0 radical (unpaired) electrons. The van der Waals surface area contributed by atoms with Crippen LogP contribution in [0.15, 0.2) is 29.8 Å². The highest BCUT2D eigenvalue weighted by molar-refractivity contribution is 5.32. The van der Waals surface area contributed by atoms with E-state index in [-0.39, 0.29) is 5.82 Å². The third-order valence-electron chi connectivity index (χ3n) is 7.76. The van der Waals surface area contributed by atoms with Crippen molar-refractivity contribution in [3.63, 3.8) is 0 Å². The van der Waals surface area contributed by atoms with Gasteiger partial charge in [-0.1, -0.05) is 63.7 Å². The van der Waals surface area contributed by atoms with E-state index in [4.69, 9.17) is 4.74 Å². The summed E-state index contributed by atoms with van der Waals surface area (Å²) in [7, 11) is 0. The lowest BCUT2D eigenvalue weighted by Gasteiger charge is -2.38. The van der Waals surface area contributed by atoms with E-state index in [0.717, 1.165) is 19.3 Å². The van der Waals surface area contributed by atoms with Gasteiger partial charge in [-0.2, -0.15) is 0 Å². The second-order valence-electron chi connectivity index (χ2n) is 9.85. The van der Waals surface area contributed by atoms with Gasteiger partial charge in [-0.3, -0.25) is 0 Å². The fourth-order valence-electron chi connectivity index (χ4n) is 5.57. The number of benzene rings is 1. The molecule has 1 atom stereocenters. The Hall–Kier alpha value is -1.31. The number of ether oxygens (including phenoxy) is 1. The summed E-state index contributed by atoms with van der Waals surface area (Å²) >= 11 is 0. The summed E-state index contributed by atoms with van der Waals surface area (Å²) in [5.41, 5.74) is 3.30. The van der Waals surface area contributed by atoms with Crippen LogP contribution in [-0.2, 0) is 0 Å². The van der Waals surface area contributed by atoms with Gasteiger partial charge in [0.15, 0.2) is 11.6 Å². The Labute approximate surface area is 184 Å². The van der Waals surface area contributed by atoms with Gasteiger partial charge in [0.2, 0.25) is 0 Å². The van der Waals surface area contributed by atoms with Gasteiger partial charge in [-0.15, -0.1) is 0 Å². The average molecular weight is 415 g/mol. The largest absolute Gasteiger partial charge is 0.491 e. The maximum absolute atomic E-state index is 14.8. The molecule has 0 bridgehead atoms. The molecule has 1 saturated carbocycles. The van der Waals surface area contributed by atoms with Crippen LogP contribution in [0.4, 0.5) is 4.39 Å². The van der Waals surface area contributed by atoms with Crippen LogP contribution in [0.3, 0.4) is 0 Å². The van der Waals surface area contributed by atoms with E-state index in [2.05, 4.69) is 26.0 Å². The minimum atomic E-state index is -0.186. The zero-order valence-corrected chi connectivity index (χ0v) is 19.5. The third kappa shape index (κ3) is 6.59. The Bertz CT molecular complexity index is 671. The molecule has 1 nitrogen and oxygen atoms in total. The zero-order chi connectivity index (χ0) is 21.2. The van der Waals surface area contributed by atoms with E-state index in [0.29, 0.717) is 23.7 Å². The Kier molecular flexibility index (Phi) is 9.27. The van der Waals surface area contributed by atoms with E-state index in [1.54, 1.807) is 11.6 Å². The van der Waals surface area contributed by atoms with Gasteiger partial charge in [0, 0.05) is 0 Å². The number of halogens is 1. The molecule has 1 aromatic rings. The summed E-state index contributed by atoms with van der Waals surface area (Å²) in [4.78, 5) is 0. The molecule has 1 unspecified atom stereocenters. The standard InChI is InChI=1S/C28H43FO/c1-3-5-20-30-27-15-14-24(22-26(27)29)25(21-23-12-8-6-9-13-23)16-19-28(4-2)17-10-7-11-18-28/h12,14-15,22,25H,3-11,13,16-21H2,1-2H3. The maximum Gasteiger partial charge on any atom is 0.165 e. The molecule has 2 heteroatoms. The van der Waals surface area contributed by atoms with Crippen molar-refractivity contribution >= 4 is 0 Å². The van der Waals surface area contributed by atoms with Gasteiger partial charge in [0.05, 0.1) is 6.61 Å². The van der Waals surface area contributed by atoms with E-state index in [9.17, 15) is 4.39 Å². The lowest BCUT2D eigenvalue weighted by atomic mass is 9.68. The number of rotatable bonds is 11. The highest BCUT2D eigenvalue weighted by Crippen LogP contribution is 2.45. The number of hydrogen-bond acceptors (Lipinski definition) is 1. The molecule has 2 aliphatic rings. The predicted octanol–water partition coefficient (Wildman–Crippen LogP) is 9.12. The molecule has 1 aromatic carbocycles. The van der Waals surface area contributed by atoms with E-state index < -0.39 is 0 Å². The Morgan fingerprint density at radius 1 is 1.07 bits per heavy atom. The summed E-state index contributed by atoms with van der Waals surface area (Å²) in [6.07, 6.45) is 21.4. The molecule has 3 rings (SSSR count). The van der Waals surface area contributed by atoms with Gasteiger partial charge >= 0.3 is 0 Å². The molecule has 30 heavy (non-hydrogen) atoms. The summed E-state index contributed by atoms with van der Waals surface area (Å²) in [6.45, 7) is 5.11. The SMILES string of the molecule is CCCCOc1ccc(C(CCC2(CC)CCCCC2)CC2=CCCCC2)cc1F. The van der Waals surface area contributed by atoms with Gasteiger partial charge in [0.1, 0.15) is 0 Å². The highest BCUT2D eigenvalue weighted by Gasteiger charge is 2.31. The Morgan fingerprint density at radius 2 is 1.90 bits per heavy atom. The van der Waals surface area contributed by atoms with E-state index in [1.807, 2.05) is 6.07 Å². The lowest BCUT2D eigenvalue weighted by molar-refractivity contribution is 0.156. The molecule has 168 valence electrons. The number of hydrogen-bond donors (Lipinski definition) is 0. The summed E-state index contributed by atoms with van der Waals surface area (Å²) in [5.74, 6) is 0.660. The van der Waals surface area contributed by atoms with Gasteiger partial charge in [0.25, 0.3) is 0 Å². The van der Waals surface area contributed by atoms with Crippen LogP contribution in [0.25, 0.3) is 0 Å². The van der Waals surface area contributed by atoms with Crippen molar-refractivity contribution < 1.29 is 9.13 Å². The molecule has 0 amide bonds. The molecule has 0 spiro atoms. The van der Waals surface area contributed by atoms with Crippen molar-refractivity contribution in [3.05, 3.63) is 41.2 Å². The summed E-state index contributed by atoms with van der Waals surface area (Å²) in [6, 6.07) is 5.78. The molecule has 2 aliphatic carbocycles. The van der Waals surface area contributed by atoms with Crippen LogP contribution in [-0.4, -0.2) is 6.61 Å². The Morgan fingerprint density at radius 3 is 2.57 bits per heavy atom. The van der Waals surface area contributed by atoms with Gasteiger partial charge < -0.3 is 4.74 Å². The molecule has 0 saturated heterocycles. The van der Waals surface area contributed by atoms with Crippen molar-refractivity contribution in [3.8, 4) is 5.75 Å². The van der Waals surface area contributed by atoms with Crippen molar-refractivity contribution in [1.29, 1.82) is 0 Å². The summed E-state index contributed by atoms with van der Waals surface area (Å²) < 4.78 is 20.5. The molecule has 0 N–H and O–H groups in total. The van der Waals surface area contributed by atoms with Crippen LogP contribution < -0.4 is 4.74 Å². The van der Waals surface area contributed by atoms with E-state index >= 15 is 0 Å². The molecule has 0 heterocycles. The smallest absolute Gasteiger partial charge is 0.165 e. The fraction of sp³-hybridized carbons (Fsp3) is 0.714. The maximum atomic E-state index is 14.8. The summed E-state index contributed by atoms with van der Waals surface area (Å²) in [5, 5.41) is 0. The topological polar surface area (TPSA) is 9.23 Å². The average Bonchev–Trinajstić information content (AvgIpc) is 2.79. The van der Waals surface area contributed by atoms with Crippen LogP contribution in [0.1, 0.15) is 122 Å². The Balaban J connectivity index is 1.73. The third-order valence-corrected chi connectivity index (χ3v) is 7.76. The fourth-order valence-corrected chi connectivity index (χ4v) is 5.57. The lowest BCUT2D eigenvalue weighted by Crippen LogP contribution is -2.24. The molecule has 0 aliphatic heterocycles. The minimum Gasteiger partial charge on any atom is -0.491 e. The second kappa shape index (κ2) is 11.9. The predicted molar refractivity (Wildman–Crippen MR) is 126 cm³/mol. The van der Waals surface area contributed by atoms with Crippen molar-refractivity contribution in [2.24, 2.45) is 5.41 Å². The zero-order valence-electron chi connectivity index (χ0n) is 19.5. The quantitative estimate of drug-likeness (QED) is 0.259. The normalized spacial score (nSPS) is 19.9. The molecule has 1 fully saturated rings.